The van der Waals surface area contributed by atoms with Crippen LogP contribution in [0.2, 0.25) is 0 Å². The van der Waals surface area contributed by atoms with Crippen LogP contribution in [0.1, 0.15) is 38.1 Å². The van der Waals surface area contributed by atoms with E-state index in [-0.39, 0.29) is 18.6 Å². The standard InChI is InChI=1S/C15H23N3O3/c1-5-21-15(20)12-8-11(6-7-13(12)16)18-10(4)14(19)17-9(2)3/h6-10,18H,5,16H2,1-4H3,(H,17,19). The number of carbonyl (C=O) groups is 2. The third kappa shape index (κ3) is 4.98. The summed E-state index contributed by atoms with van der Waals surface area (Å²) in [5, 5.41) is 5.85. The van der Waals surface area contributed by atoms with E-state index in [2.05, 4.69) is 10.6 Å². The van der Waals surface area contributed by atoms with Gasteiger partial charge in [-0.05, 0) is 45.9 Å². The third-order valence-corrected chi connectivity index (χ3v) is 2.76. The molecule has 1 unspecified atom stereocenters. The Morgan fingerprint density at radius 3 is 2.52 bits per heavy atom. The molecule has 1 atom stereocenters. The molecule has 0 heterocycles. The van der Waals surface area contributed by atoms with Gasteiger partial charge in [-0.2, -0.15) is 0 Å². The minimum atomic E-state index is -0.474. The van der Waals surface area contributed by atoms with Gasteiger partial charge in [0.2, 0.25) is 5.91 Å². The lowest BCUT2D eigenvalue weighted by atomic mass is 10.1. The van der Waals surface area contributed by atoms with Crippen molar-refractivity contribution in [3.63, 3.8) is 0 Å². The van der Waals surface area contributed by atoms with Gasteiger partial charge < -0.3 is 21.1 Å². The Morgan fingerprint density at radius 1 is 1.29 bits per heavy atom. The molecule has 0 aliphatic carbocycles. The predicted molar refractivity (Wildman–Crippen MR) is 83.2 cm³/mol. The monoisotopic (exact) mass is 293 g/mol. The van der Waals surface area contributed by atoms with Gasteiger partial charge in [0.1, 0.15) is 6.04 Å². The summed E-state index contributed by atoms with van der Waals surface area (Å²) in [6, 6.07) is 4.57. The van der Waals surface area contributed by atoms with Crippen LogP contribution in [0.5, 0.6) is 0 Å². The summed E-state index contributed by atoms with van der Waals surface area (Å²) in [6.45, 7) is 7.55. The molecule has 1 amide bonds. The van der Waals surface area contributed by atoms with Gasteiger partial charge >= 0.3 is 5.97 Å². The zero-order chi connectivity index (χ0) is 16.0. The maximum absolute atomic E-state index is 11.9. The van der Waals surface area contributed by atoms with Crippen molar-refractivity contribution < 1.29 is 14.3 Å². The van der Waals surface area contributed by atoms with Crippen molar-refractivity contribution in [2.24, 2.45) is 0 Å². The van der Waals surface area contributed by atoms with E-state index < -0.39 is 12.0 Å². The van der Waals surface area contributed by atoms with Gasteiger partial charge in [0, 0.05) is 17.4 Å². The van der Waals surface area contributed by atoms with Gasteiger partial charge in [-0.1, -0.05) is 0 Å². The lowest BCUT2D eigenvalue weighted by Gasteiger charge is -2.17. The number of amides is 1. The highest BCUT2D eigenvalue weighted by Crippen LogP contribution is 2.19. The Balaban J connectivity index is 2.83. The molecule has 0 spiro atoms. The summed E-state index contributed by atoms with van der Waals surface area (Å²) in [5.74, 6) is -0.586. The Hall–Kier alpha value is -2.24. The SMILES string of the molecule is CCOC(=O)c1cc(NC(C)C(=O)NC(C)C)ccc1N. The first kappa shape index (κ1) is 16.8. The highest BCUT2D eigenvalue weighted by Gasteiger charge is 2.16. The smallest absolute Gasteiger partial charge is 0.340 e. The van der Waals surface area contributed by atoms with Crippen LogP contribution >= 0.6 is 0 Å². The van der Waals surface area contributed by atoms with E-state index in [1.807, 2.05) is 13.8 Å². The molecule has 0 fully saturated rings. The number of ether oxygens (including phenoxy) is 1. The van der Waals surface area contributed by atoms with Gasteiger partial charge in [-0.15, -0.1) is 0 Å². The molecule has 21 heavy (non-hydrogen) atoms. The molecule has 1 aromatic carbocycles. The van der Waals surface area contributed by atoms with E-state index in [1.165, 1.54) is 0 Å². The number of nitrogens with two attached hydrogens (primary N) is 1. The van der Waals surface area contributed by atoms with Crippen LogP contribution in [0.4, 0.5) is 11.4 Å². The normalized spacial score (nSPS) is 11.9. The third-order valence-electron chi connectivity index (χ3n) is 2.76. The number of nitrogen functional groups attached to an aromatic ring is 1. The second-order valence-electron chi connectivity index (χ2n) is 5.05. The second-order valence-corrected chi connectivity index (χ2v) is 5.05. The van der Waals surface area contributed by atoms with Gasteiger partial charge in [-0.3, -0.25) is 4.79 Å². The van der Waals surface area contributed by atoms with Crippen LogP contribution in [0.15, 0.2) is 18.2 Å². The van der Waals surface area contributed by atoms with Crippen LogP contribution in [0.3, 0.4) is 0 Å². The van der Waals surface area contributed by atoms with Crippen molar-refractivity contribution in [2.75, 3.05) is 17.7 Å². The molecule has 1 aromatic rings. The summed E-state index contributed by atoms with van der Waals surface area (Å²) in [6.07, 6.45) is 0. The molecule has 0 aliphatic heterocycles. The first-order valence-electron chi connectivity index (χ1n) is 6.98. The minimum Gasteiger partial charge on any atom is -0.462 e. The number of rotatable bonds is 6. The number of esters is 1. The average Bonchev–Trinajstić information content (AvgIpc) is 2.40. The number of carbonyl (C=O) groups excluding carboxylic acids is 2. The van der Waals surface area contributed by atoms with E-state index in [4.69, 9.17) is 10.5 Å². The van der Waals surface area contributed by atoms with Crippen molar-refractivity contribution in [2.45, 2.75) is 39.8 Å². The van der Waals surface area contributed by atoms with Gasteiger partial charge in [-0.25, -0.2) is 4.79 Å². The Kier molecular flexibility index (Phi) is 6.02. The summed E-state index contributed by atoms with van der Waals surface area (Å²) in [5.41, 5.74) is 7.04. The second kappa shape index (κ2) is 7.52. The molecule has 116 valence electrons. The minimum absolute atomic E-state index is 0.0725. The van der Waals surface area contributed by atoms with Crippen LogP contribution in [-0.2, 0) is 9.53 Å². The fraction of sp³-hybridized carbons (Fsp3) is 0.467. The van der Waals surface area contributed by atoms with E-state index in [9.17, 15) is 9.59 Å². The molecule has 0 saturated heterocycles. The highest BCUT2D eigenvalue weighted by atomic mass is 16.5. The molecule has 1 rings (SSSR count). The van der Waals surface area contributed by atoms with Crippen molar-refractivity contribution in [1.82, 2.24) is 5.32 Å². The van der Waals surface area contributed by atoms with Crippen LogP contribution in [0, 0.1) is 0 Å². The average molecular weight is 293 g/mol. The lowest BCUT2D eigenvalue weighted by Crippen LogP contribution is -2.41. The van der Waals surface area contributed by atoms with Crippen LogP contribution < -0.4 is 16.4 Å². The van der Waals surface area contributed by atoms with Crippen molar-refractivity contribution in [3.8, 4) is 0 Å². The largest absolute Gasteiger partial charge is 0.462 e. The molecular weight excluding hydrogens is 270 g/mol. The fourth-order valence-corrected chi connectivity index (χ4v) is 1.76. The fourth-order valence-electron chi connectivity index (χ4n) is 1.76. The number of benzene rings is 1. The van der Waals surface area contributed by atoms with Crippen molar-refractivity contribution in [1.29, 1.82) is 0 Å². The van der Waals surface area contributed by atoms with E-state index in [0.29, 0.717) is 16.9 Å². The molecule has 6 nitrogen and oxygen atoms in total. The quantitative estimate of drug-likeness (QED) is 0.549. The summed E-state index contributed by atoms with van der Waals surface area (Å²) in [7, 11) is 0. The molecule has 4 N–H and O–H groups in total. The van der Waals surface area contributed by atoms with Gasteiger partial charge in [0.25, 0.3) is 0 Å². The maximum atomic E-state index is 11.9. The lowest BCUT2D eigenvalue weighted by molar-refractivity contribution is -0.122. The maximum Gasteiger partial charge on any atom is 0.340 e. The van der Waals surface area contributed by atoms with E-state index in [0.717, 1.165) is 0 Å². The van der Waals surface area contributed by atoms with Crippen LogP contribution in [0.25, 0.3) is 0 Å². The van der Waals surface area contributed by atoms with E-state index in [1.54, 1.807) is 32.0 Å². The zero-order valence-electron chi connectivity index (χ0n) is 12.9. The number of nitrogens with one attached hydrogen (secondary N) is 2. The molecule has 0 aromatic heterocycles. The number of anilines is 2. The van der Waals surface area contributed by atoms with Gasteiger partial charge in [0.15, 0.2) is 0 Å². The van der Waals surface area contributed by atoms with Crippen molar-refractivity contribution in [3.05, 3.63) is 23.8 Å². The Labute approximate surface area is 125 Å². The summed E-state index contributed by atoms with van der Waals surface area (Å²) in [4.78, 5) is 23.6. The zero-order valence-corrected chi connectivity index (χ0v) is 12.9. The molecule has 0 bridgehead atoms. The highest BCUT2D eigenvalue weighted by molar-refractivity contribution is 5.96. The summed E-state index contributed by atoms with van der Waals surface area (Å²) >= 11 is 0. The predicted octanol–water partition coefficient (Wildman–Crippen LogP) is 1.77. The van der Waals surface area contributed by atoms with Gasteiger partial charge in [0.05, 0.1) is 12.2 Å². The summed E-state index contributed by atoms with van der Waals surface area (Å²) < 4.78 is 4.94. The molecule has 0 radical (unpaired) electrons. The molecular formula is C15H23N3O3. The number of hydrogen-bond donors (Lipinski definition) is 3. The first-order valence-corrected chi connectivity index (χ1v) is 6.98. The molecule has 0 saturated carbocycles. The van der Waals surface area contributed by atoms with Crippen LogP contribution in [-0.4, -0.2) is 30.6 Å². The van der Waals surface area contributed by atoms with Crippen molar-refractivity contribution >= 4 is 23.3 Å². The van der Waals surface area contributed by atoms with E-state index >= 15 is 0 Å². The topological polar surface area (TPSA) is 93.4 Å². The first-order chi connectivity index (χ1) is 9.85. The Bertz CT molecular complexity index is 515. The number of hydrogen-bond acceptors (Lipinski definition) is 5. The Morgan fingerprint density at radius 2 is 1.95 bits per heavy atom. The molecule has 6 heteroatoms. The molecule has 0 aliphatic rings.